The molecule has 1 aromatic heterocycles. The number of anilines is 1. The lowest BCUT2D eigenvalue weighted by molar-refractivity contribution is 0.0995. The highest BCUT2D eigenvalue weighted by atomic mass is 16.2. The fraction of sp³-hybridized carbons (Fsp3) is 0.158. The molecule has 0 saturated heterocycles. The summed E-state index contributed by atoms with van der Waals surface area (Å²) in [4.78, 5) is 23.8. The molecule has 2 aromatic carbocycles. The third-order valence-electron chi connectivity index (χ3n) is 3.97. The van der Waals surface area contributed by atoms with Crippen molar-refractivity contribution in [1.29, 1.82) is 0 Å². The number of hydrogen-bond donors (Lipinski definition) is 2. The lowest BCUT2D eigenvalue weighted by Crippen LogP contribution is -2.16. The summed E-state index contributed by atoms with van der Waals surface area (Å²) in [6.45, 7) is 5.79. The molecule has 1 heterocycles. The lowest BCUT2D eigenvalue weighted by Gasteiger charge is -2.07. The number of primary amides is 1. The minimum Gasteiger partial charge on any atom is -0.366 e. The number of hydrogen-bond acceptors (Lipinski definition) is 4. The summed E-state index contributed by atoms with van der Waals surface area (Å²) in [6, 6.07) is 12.4. The molecule has 2 amide bonds. The summed E-state index contributed by atoms with van der Waals surface area (Å²) in [5.41, 5.74) is 9.94. The second-order valence-electron chi connectivity index (χ2n) is 6.18. The van der Waals surface area contributed by atoms with Gasteiger partial charge in [0, 0.05) is 11.3 Å². The Kier molecular flexibility index (Phi) is 4.53. The molecule has 0 atom stereocenters. The van der Waals surface area contributed by atoms with Crippen LogP contribution < -0.4 is 11.1 Å². The summed E-state index contributed by atoms with van der Waals surface area (Å²) in [5.74, 6) is -0.960. The number of amides is 2. The maximum atomic E-state index is 12.6. The zero-order valence-electron chi connectivity index (χ0n) is 14.8. The maximum Gasteiger partial charge on any atom is 0.278 e. The van der Waals surface area contributed by atoms with Crippen molar-refractivity contribution in [2.24, 2.45) is 5.73 Å². The predicted molar refractivity (Wildman–Crippen MR) is 98.5 cm³/mol. The maximum absolute atomic E-state index is 12.6. The van der Waals surface area contributed by atoms with Crippen LogP contribution in [0.3, 0.4) is 0 Å². The average Bonchev–Trinajstić information content (AvgIpc) is 2.96. The normalized spacial score (nSPS) is 10.6. The topological polar surface area (TPSA) is 103 Å². The molecular weight excluding hydrogens is 330 g/mol. The van der Waals surface area contributed by atoms with Crippen LogP contribution in [-0.4, -0.2) is 26.8 Å². The standard InChI is InChI=1S/C19H19N5O2/c1-11-7-12(2)9-16(8-11)24-13(3)17(22-23-24)19(26)21-15-6-4-5-14(10-15)18(20)25/h4-10H,1-3H3,(H2,20,25)(H,21,26). The Morgan fingerprint density at radius 1 is 1.04 bits per heavy atom. The van der Waals surface area contributed by atoms with Gasteiger partial charge < -0.3 is 11.1 Å². The molecule has 132 valence electrons. The summed E-state index contributed by atoms with van der Waals surface area (Å²) in [5, 5.41) is 10.8. The van der Waals surface area contributed by atoms with Crippen LogP contribution in [0.15, 0.2) is 42.5 Å². The molecule has 7 nitrogen and oxygen atoms in total. The molecule has 0 saturated carbocycles. The first-order valence-electron chi connectivity index (χ1n) is 8.07. The summed E-state index contributed by atoms with van der Waals surface area (Å²) in [7, 11) is 0. The van der Waals surface area contributed by atoms with Gasteiger partial charge in [-0.25, -0.2) is 4.68 Å². The van der Waals surface area contributed by atoms with Crippen molar-refractivity contribution in [1.82, 2.24) is 15.0 Å². The first-order valence-corrected chi connectivity index (χ1v) is 8.07. The van der Waals surface area contributed by atoms with E-state index in [1.54, 1.807) is 29.8 Å². The van der Waals surface area contributed by atoms with Crippen molar-refractivity contribution in [3.8, 4) is 5.69 Å². The monoisotopic (exact) mass is 349 g/mol. The van der Waals surface area contributed by atoms with E-state index in [-0.39, 0.29) is 5.69 Å². The van der Waals surface area contributed by atoms with E-state index in [9.17, 15) is 9.59 Å². The van der Waals surface area contributed by atoms with E-state index in [0.29, 0.717) is 16.9 Å². The fourth-order valence-electron chi connectivity index (χ4n) is 2.80. The molecule has 0 aliphatic carbocycles. The average molecular weight is 349 g/mol. The SMILES string of the molecule is Cc1cc(C)cc(-n2nnc(C(=O)Nc3cccc(C(N)=O)c3)c2C)c1. The summed E-state index contributed by atoms with van der Waals surface area (Å²) < 4.78 is 1.63. The van der Waals surface area contributed by atoms with Crippen molar-refractivity contribution < 1.29 is 9.59 Å². The third-order valence-corrected chi connectivity index (χ3v) is 3.97. The molecule has 0 aliphatic rings. The molecule has 0 aliphatic heterocycles. The van der Waals surface area contributed by atoms with E-state index in [1.165, 1.54) is 6.07 Å². The van der Waals surface area contributed by atoms with Crippen molar-refractivity contribution >= 4 is 17.5 Å². The minimum atomic E-state index is -0.557. The van der Waals surface area contributed by atoms with Gasteiger partial charge in [0.25, 0.3) is 5.91 Å². The van der Waals surface area contributed by atoms with Gasteiger partial charge in [0.05, 0.1) is 11.4 Å². The Balaban J connectivity index is 1.88. The van der Waals surface area contributed by atoms with Gasteiger partial charge in [-0.15, -0.1) is 5.10 Å². The molecule has 3 aromatic rings. The second kappa shape index (κ2) is 6.79. The molecular formula is C19H19N5O2. The van der Waals surface area contributed by atoms with Gasteiger partial charge in [-0.2, -0.15) is 0 Å². The number of aromatic nitrogens is 3. The zero-order chi connectivity index (χ0) is 18.8. The highest BCUT2D eigenvalue weighted by Crippen LogP contribution is 2.17. The van der Waals surface area contributed by atoms with Crippen LogP contribution in [0, 0.1) is 20.8 Å². The summed E-state index contributed by atoms with van der Waals surface area (Å²) in [6.07, 6.45) is 0. The largest absolute Gasteiger partial charge is 0.366 e. The number of benzene rings is 2. The Hall–Kier alpha value is -3.48. The van der Waals surface area contributed by atoms with Gasteiger partial charge >= 0.3 is 0 Å². The fourth-order valence-corrected chi connectivity index (χ4v) is 2.80. The van der Waals surface area contributed by atoms with E-state index in [1.807, 2.05) is 26.0 Å². The number of nitrogens with two attached hydrogens (primary N) is 1. The van der Waals surface area contributed by atoms with Gasteiger partial charge in [-0.05, 0) is 62.2 Å². The predicted octanol–water partition coefficient (Wildman–Crippen LogP) is 2.54. The van der Waals surface area contributed by atoms with Crippen LogP contribution in [0.5, 0.6) is 0 Å². The van der Waals surface area contributed by atoms with Crippen LogP contribution in [0.25, 0.3) is 5.69 Å². The van der Waals surface area contributed by atoms with Crippen molar-refractivity contribution in [2.75, 3.05) is 5.32 Å². The van der Waals surface area contributed by atoms with E-state index in [0.717, 1.165) is 16.8 Å². The van der Waals surface area contributed by atoms with Crippen LogP contribution in [0.4, 0.5) is 5.69 Å². The zero-order valence-corrected chi connectivity index (χ0v) is 14.8. The number of carbonyl (C=O) groups excluding carboxylic acids is 2. The third kappa shape index (κ3) is 3.46. The smallest absolute Gasteiger partial charge is 0.278 e. The molecule has 7 heteroatoms. The number of rotatable bonds is 4. The van der Waals surface area contributed by atoms with Crippen molar-refractivity contribution in [3.05, 3.63) is 70.5 Å². The van der Waals surface area contributed by atoms with Gasteiger partial charge in [0.15, 0.2) is 5.69 Å². The molecule has 0 fully saturated rings. The van der Waals surface area contributed by atoms with E-state index < -0.39 is 11.8 Å². The van der Waals surface area contributed by atoms with Gasteiger partial charge in [0.1, 0.15) is 0 Å². The Bertz CT molecular complexity index is 987. The van der Waals surface area contributed by atoms with Gasteiger partial charge in [0.2, 0.25) is 5.91 Å². The number of carbonyl (C=O) groups is 2. The van der Waals surface area contributed by atoms with Crippen molar-refractivity contribution in [2.45, 2.75) is 20.8 Å². The van der Waals surface area contributed by atoms with Crippen LogP contribution in [-0.2, 0) is 0 Å². The van der Waals surface area contributed by atoms with Crippen LogP contribution in [0.2, 0.25) is 0 Å². The number of nitrogens with one attached hydrogen (secondary N) is 1. The first-order chi connectivity index (χ1) is 12.3. The first kappa shape index (κ1) is 17.3. The quantitative estimate of drug-likeness (QED) is 0.755. The lowest BCUT2D eigenvalue weighted by atomic mass is 10.1. The molecule has 0 spiro atoms. The molecule has 3 rings (SSSR count). The Morgan fingerprint density at radius 2 is 1.73 bits per heavy atom. The molecule has 0 unspecified atom stereocenters. The highest BCUT2D eigenvalue weighted by molar-refractivity contribution is 6.04. The van der Waals surface area contributed by atoms with Crippen LogP contribution in [0.1, 0.15) is 37.7 Å². The Labute approximate surface area is 150 Å². The number of aryl methyl sites for hydroxylation is 2. The van der Waals surface area contributed by atoms with Crippen molar-refractivity contribution in [3.63, 3.8) is 0 Å². The second-order valence-corrected chi connectivity index (χ2v) is 6.18. The molecule has 26 heavy (non-hydrogen) atoms. The number of nitrogens with zero attached hydrogens (tertiary/aromatic N) is 3. The summed E-state index contributed by atoms with van der Waals surface area (Å²) >= 11 is 0. The molecule has 0 bridgehead atoms. The molecule has 3 N–H and O–H groups in total. The van der Waals surface area contributed by atoms with E-state index in [2.05, 4.69) is 21.7 Å². The molecule has 0 radical (unpaired) electrons. The minimum absolute atomic E-state index is 0.216. The highest BCUT2D eigenvalue weighted by Gasteiger charge is 2.18. The van der Waals surface area contributed by atoms with E-state index >= 15 is 0 Å². The van der Waals surface area contributed by atoms with E-state index in [4.69, 9.17) is 5.73 Å². The van der Waals surface area contributed by atoms with Gasteiger partial charge in [-0.3, -0.25) is 9.59 Å². The van der Waals surface area contributed by atoms with Gasteiger partial charge in [-0.1, -0.05) is 17.3 Å². The Morgan fingerprint density at radius 3 is 2.38 bits per heavy atom. The van der Waals surface area contributed by atoms with Crippen LogP contribution >= 0.6 is 0 Å².